The van der Waals surface area contributed by atoms with E-state index in [1.54, 1.807) is 0 Å². The molecular weight excluding hydrogens is 669 g/mol. The lowest BCUT2D eigenvalue weighted by atomic mass is 10.0. The van der Waals surface area contributed by atoms with Gasteiger partial charge in [0, 0.05) is 21.8 Å². The van der Waals surface area contributed by atoms with E-state index in [0.717, 1.165) is 42.1 Å². The van der Waals surface area contributed by atoms with Gasteiger partial charge in [0.2, 0.25) is 0 Å². The lowest BCUT2D eigenvalue weighted by Crippen LogP contribution is -2.26. The molecule has 2 aromatic heterocycles. The molecule has 50 heavy (non-hydrogen) atoms. The maximum Gasteiger partial charge on any atom is 0.417 e. The standard InChI is InChI=1S/C40H44N2O6S2/c1-27-9-5-11-31(21-27)45-19-7-13-33-15-17-37(49-33)35(41)23-29(3)25-47-39(43)40(44)48-26-30(4)24-36(42)38-18-16-34(50-38)14-8-20-46-32-12-6-10-28(2)22-32/h5-6,9-12,15-18,21-22,29-30,35-36H,19-20,23-26,41-42H2,1-4H3/t29-,30-,35?,36?/m1/s1. The predicted molar refractivity (Wildman–Crippen MR) is 199 cm³/mol. The first-order chi connectivity index (χ1) is 24.0. The Morgan fingerprint density at radius 2 is 1.08 bits per heavy atom. The summed E-state index contributed by atoms with van der Waals surface area (Å²) in [6, 6.07) is 22.9. The Morgan fingerprint density at radius 1 is 0.660 bits per heavy atom. The Kier molecular flexibility index (Phi) is 15.0. The van der Waals surface area contributed by atoms with E-state index < -0.39 is 11.9 Å². The third-order valence-corrected chi connectivity index (χ3v) is 9.75. The van der Waals surface area contributed by atoms with Crippen molar-refractivity contribution in [1.82, 2.24) is 0 Å². The molecule has 0 bridgehead atoms. The zero-order valence-corrected chi connectivity index (χ0v) is 30.5. The van der Waals surface area contributed by atoms with Crippen LogP contribution in [0.2, 0.25) is 0 Å². The number of benzene rings is 2. The average molecular weight is 713 g/mol. The van der Waals surface area contributed by atoms with Crippen molar-refractivity contribution < 1.29 is 28.5 Å². The molecule has 8 nitrogen and oxygen atoms in total. The van der Waals surface area contributed by atoms with E-state index in [0.29, 0.717) is 26.1 Å². The summed E-state index contributed by atoms with van der Waals surface area (Å²) < 4.78 is 21.8. The second-order valence-corrected chi connectivity index (χ2v) is 14.5. The van der Waals surface area contributed by atoms with Gasteiger partial charge in [0.1, 0.15) is 24.7 Å². The van der Waals surface area contributed by atoms with Crippen LogP contribution < -0.4 is 20.9 Å². The van der Waals surface area contributed by atoms with Crippen molar-refractivity contribution >= 4 is 34.6 Å². The molecule has 262 valence electrons. The summed E-state index contributed by atoms with van der Waals surface area (Å²) in [7, 11) is 0. The number of esters is 2. The number of rotatable bonds is 14. The highest BCUT2D eigenvalue weighted by Crippen LogP contribution is 2.27. The topological polar surface area (TPSA) is 123 Å². The van der Waals surface area contributed by atoms with E-state index in [-0.39, 0.29) is 37.1 Å². The molecule has 0 amide bonds. The fourth-order valence-electron chi connectivity index (χ4n) is 4.92. The van der Waals surface area contributed by atoms with Crippen LogP contribution in [-0.4, -0.2) is 38.4 Å². The molecule has 0 radical (unpaired) electrons. The minimum atomic E-state index is -1.02. The molecule has 2 heterocycles. The molecule has 4 aromatic rings. The van der Waals surface area contributed by atoms with Crippen molar-refractivity contribution in [3.63, 3.8) is 0 Å². The average Bonchev–Trinajstić information content (AvgIpc) is 3.77. The molecule has 4 atom stereocenters. The van der Waals surface area contributed by atoms with Crippen LogP contribution in [0.15, 0.2) is 72.8 Å². The van der Waals surface area contributed by atoms with Gasteiger partial charge in [0.25, 0.3) is 0 Å². The van der Waals surface area contributed by atoms with E-state index in [9.17, 15) is 9.59 Å². The Labute approximate surface area is 303 Å². The van der Waals surface area contributed by atoms with Gasteiger partial charge in [-0.05, 0) is 98.2 Å². The molecule has 0 aliphatic heterocycles. The molecule has 0 fully saturated rings. The van der Waals surface area contributed by atoms with Crippen molar-refractivity contribution in [1.29, 1.82) is 0 Å². The number of carbonyl (C=O) groups is 2. The minimum absolute atomic E-state index is 0.0536. The molecule has 0 aliphatic carbocycles. The molecule has 2 aromatic carbocycles. The Balaban J connectivity index is 1.11. The molecule has 0 saturated heterocycles. The SMILES string of the molecule is Cc1cccc(OCC#Cc2ccc(C(N)C[C@@H](C)COC(=O)C(=O)OC[C@H](C)CC(N)c3ccc(C#CCOc4cccc(C)c4)s3)s2)c1. The van der Waals surface area contributed by atoms with Crippen LogP contribution in [-0.2, 0) is 19.1 Å². The van der Waals surface area contributed by atoms with Gasteiger partial charge in [-0.15, -0.1) is 22.7 Å². The summed E-state index contributed by atoms with van der Waals surface area (Å²) in [5, 5.41) is 0. The Hall–Kier alpha value is -4.58. The zero-order chi connectivity index (χ0) is 35.9. The van der Waals surface area contributed by atoms with Gasteiger partial charge in [-0.3, -0.25) is 0 Å². The maximum absolute atomic E-state index is 12.3. The minimum Gasteiger partial charge on any atom is -0.481 e. The smallest absolute Gasteiger partial charge is 0.417 e. The third kappa shape index (κ3) is 13.0. The second-order valence-electron chi connectivity index (χ2n) is 12.3. The lowest BCUT2D eigenvalue weighted by Gasteiger charge is -2.17. The first-order valence-corrected chi connectivity index (χ1v) is 18.1. The first kappa shape index (κ1) is 38.2. The fraction of sp³-hybridized carbons (Fsp3) is 0.350. The van der Waals surface area contributed by atoms with Gasteiger partial charge in [-0.1, -0.05) is 61.8 Å². The number of carbonyl (C=O) groups excluding carboxylic acids is 2. The lowest BCUT2D eigenvalue weighted by molar-refractivity contribution is -0.169. The Bertz CT molecular complexity index is 1710. The number of thiophene rings is 2. The van der Waals surface area contributed by atoms with Crippen LogP contribution in [0.25, 0.3) is 0 Å². The van der Waals surface area contributed by atoms with Crippen molar-refractivity contribution in [2.45, 2.75) is 52.6 Å². The molecule has 2 unspecified atom stereocenters. The summed E-state index contributed by atoms with van der Waals surface area (Å²) in [5.74, 6) is 11.7. The van der Waals surface area contributed by atoms with E-state index in [4.69, 9.17) is 30.4 Å². The number of hydrogen-bond donors (Lipinski definition) is 2. The normalized spacial score (nSPS) is 13.0. The van der Waals surface area contributed by atoms with Crippen LogP contribution in [0.1, 0.15) is 69.4 Å². The van der Waals surface area contributed by atoms with Crippen LogP contribution in [0.3, 0.4) is 0 Å². The van der Waals surface area contributed by atoms with Gasteiger partial charge in [-0.25, -0.2) is 9.59 Å². The van der Waals surface area contributed by atoms with Crippen LogP contribution in [0.4, 0.5) is 0 Å². The van der Waals surface area contributed by atoms with Crippen molar-refractivity contribution in [3.8, 4) is 35.2 Å². The molecule has 0 spiro atoms. The first-order valence-electron chi connectivity index (χ1n) is 16.5. The molecule has 4 rings (SSSR count). The predicted octanol–water partition coefficient (Wildman–Crippen LogP) is 7.13. The summed E-state index contributed by atoms with van der Waals surface area (Å²) in [6.45, 7) is 8.55. The Morgan fingerprint density at radius 3 is 1.48 bits per heavy atom. The van der Waals surface area contributed by atoms with Gasteiger partial charge < -0.3 is 30.4 Å². The molecule has 0 aliphatic rings. The largest absolute Gasteiger partial charge is 0.481 e. The summed E-state index contributed by atoms with van der Waals surface area (Å²) in [6.07, 6.45) is 1.14. The molecule has 0 saturated carbocycles. The van der Waals surface area contributed by atoms with Crippen LogP contribution in [0, 0.1) is 49.4 Å². The fourth-order valence-corrected chi connectivity index (χ4v) is 6.72. The van der Waals surface area contributed by atoms with Gasteiger partial charge in [0.05, 0.1) is 23.0 Å². The highest BCUT2D eigenvalue weighted by atomic mass is 32.1. The summed E-state index contributed by atoms with van der Waals surface area (Å²) in [4.78, 5) is 28.4. The van der Waals surface area contributed by atoms with E-state index in [1.165, 1.54) is 22.7 Å². The molecule has 10 heteroatoms. The maximum atomic E-state index is 12.3. The zero-order valence-electron chi connectivity index (χ0n) is 28.9. The summed E-state index contributed by atoms with van der Waals surface area (Å²) in [5.41, 5.74) is 15.1. The van der Waals surface area contributed by atoms with Crippen molar-refractivity contribution in [3.05, 3.63) is 103 Å². The molecular formula is C40H44N2O6S2. The van der Waals surface area contributed by atoms with E-state index in [2.05, 4.69) is 23.7 Å². The third-order valence-electron chi connectivity index (χ3n) is 7.49. The van der Waals surface area contributed by atoms with Crippen molar-refractivity contribution in [2.75, 3.05) is 26.4 Å². The summed E-state index contributed by atoms with van der Waals surface area (Å²) >= 11 is 3.04. The van der Waals surface area contributed by atoms with Crippen molar-refractivity contribution in [2.24, 2.45) is 23.3 Å². The van der Waals surface area contributed by atoms with Gasteiger partial charge >= 0.3 is 11.9 Å². The molecule has 4 N–H and O–H groups in total. The van der Waals surface area contributed by atoms with E-state index >= 15 is 0 Å². The quantitative estimate of drug-likeness (QED) is 0.0805. The number of hydrogen-bond acceptors (Lipinski definition) is 10. The van der Waals surface area contributed by atoms with Gasteiger partial charge in [0.15, 0.2) is 0 Å². The number of aryl methyl sites for hydroxylation is 2. The highest BCUT2D eigenvalue weighted by molar-refractivity contribution is 7.12. The van der Waals surface area contributed by atoms with Gasteiger partial charge in [-0.2, -0.15) is 0 Å². The van der Waals surface area contributed by atoms with E-state index in [1.807, 2.05) is 100 Å². The van der Waals surface area contributed by atoms with Crippen LogP contribution in [0.5, 0.6) is 11.5 Å². The monoisotopic (exact) mass is 712 g/mol. The number of nitrogens with two attached hydrogens (primary N) is 2. The second kappa shape index (κ2) is 19.6. The highest BCUT2D eigenvalue weighted by Gasteiger charge is 2.22. The number of ether oxygens (including phenoxy) is 4. The van der Waals surface area contributed by atoms with Crippen LogP contribution >= 0.6 is 22.7 Å².